The van der Waals surface area contributed by atoms with Gasteiger partial charge in [-0.2, -0.15) is 13.2 Å². The van der Waals surface area contributed by atoms with Crippen LogP contribution in [-0.2, 0) is 23.5 Å². The van der Waals surface area contributed by atoms with Crippen molar-refractivity contribution in [1.29, 1.82) is 0 Å². The lowest BCUT2D eigenvalue weighted by atomic mass is 9.93. The molecular formula is C30H35F3N4O2. The number of aromatic nitrogens is 1. The van der Waals surface area contributed by atoms with Gasteiger partial charge in [-0.1, -0.05) is 48.5 Å². The van der Waals surface area contributed by atoms with Crippen LogP contribution in [0.5, 0.6) is 0 Å². The van der Waals surface area contributed by atoms with E-state index in [1.165, 1.54) is 12.1 Å². The molecule has 0 spiro atoms. The Kier molecular flexibility index (Phi) is 8.73. The van der Waals surface area contributed by atoms with Crippen LogP contribution < -0.4 is 5.32 Å². The lowest BCUT2D eigenvalue weighted by molar-refractivity contribution is -0.258. The predicted octanol–water partition coefficient (Wildman–Crippen LogP) is 4.73. The fraction of sp³-hybridized carbons (Fsp3) is 0.400. The first-order valence-corrected chi connectivity index (χ1v) is 13.1. The Morgan fingerprint density at radius 2 is 1.51 bits per heavy atom. The SMILES string of the molecule is CC(C)NC(=O)C1CN(Cc2ccc(-c3ccc(C(C)(O)C(F)(F)F)cc3)cc2)CCN1Cc1ccncc1. The molecule has 9 heteroatoms. The number of pyridine rings is 1. The molecule has 1 aliphatic heterocycles. The maximum absolute atomic E-state index is 13.1. The molecule has 208 valence electrons. The minimum Gasteiger partial charge on any atom is -0.376 e. The molecule has 2 unspecified atom stereocenters. The van der Waals surface area contributed by atoms with Crippen molar-refractivity contribution >= 4 is 5.91 Å². The molecule has 6 nitrogen and oxygen atoms in total. The van der Waals surface area contributed by atoms with E-state index in [0.29, 0.717) is 19.6 Å². The quantitative estimate of drug-likeness (QED) is 0.433. The number of aliphatic hydroxyl groups is 1. The van der Waals surface area contributed by atoms with Gasteiger partial charge in [-0.3, -0.25) is 19.6 Å². The number of carbonyl (C=O) groups excluding carboxylic acids is 1. The molecule has 1 amide bonds. The van der Waals surface area contributed by atoms with Gasteiger partial charge in [0.15, 0.2) is 5.60 Å². The standard InChI is InChI=1S/C30H35F3N4O2/c1-21(2)35-28(38)27-20-36(16-17-37(27)19-23-12-14-34-15-13-23)18-22-4-6-24(7-5-22)25-8-10-26(11-9-25)29(3,39)30(31,32)33/h4-15,21,27,39H,16-20H2,1-3H3,(H,35,38). The van der Waals surface area contributed by atoms with E-state index in [9.17, 15) is 23.1 Å². The number of rotatable bonds is 8. The fourth-order valence-electron chi connectivity index (χ4n) is 4.77. The summed E-state index contributed by atoms with van der Waals surface area (Å²) >= 11 is 0. The zero-order valence-electron chi connectivity index (χ0n) is 22.4. The number of hydrogen-bond donors (Lipinski definition) is 2. The molecule has 2 atom stereocenters. The number of halogens is 3. The largest absolute Gasteiger partial charge is 0.421 e. The summed E-state index contributed by atoms with van der Waals surface area (Å²) in [7, 11) is 0. The molecule has 0 aliphatic carbocycles. The minimum absolute atomic E-state index is 0.0204. The van der Waals surface area contributed by atoms with E-state index in [4.69, 9.17) is 0 Å². The molecule has 0 saturated carbocycles. The van der Waals surface area contributed by atoms with Gasteiger partial charge in [0, 0.05) is 51.2 Å². The molecule has 1 aliphatic rings. The first-order valence-electron chi connectivity index (χ1n) is 13.1. The highest BCUT2D eigenvalue weighted by Crippen LogP contribution is 2.39. The second-order valence-corrected chi connectivity index (χ2v) is 10.6. The summed E-state index contributed by atoms with van der Waals surface area (Å²) < 4.78 is 39.4. The van der Waals surface area contributed by atoms with Crippen LogP contribution in [-0.4, -0.2) is 63.7 Å². The van der Waals surface area contributed by atoms with Crippen LogP contribution in [0.1, 0.15) is 37.5 Å². The first kappa shape index (κ1) is 28.7. The van der Waals surface area contributed by atoms with Crippen molar-refractivity contribution in [3.05, 3.63) is 89.7 Å². The molecule has 1 aromatic heterocycles. The molecule has 2 aromatic carbocycles. The minimum atomic E-state index is -4.75. The normalized spacial score (nSPS) is 18.6. The predicted molar refractivity (Wildman–Crippen MR) is 144 cm³/mol. The summed E-state index contributed by atoms with van der Waals surface area (Å²) in [6.45, 7) is 8.21. The Labute approximate surface area is 227 Å². The molecule has 2 N–H and O–H groups in total. The number of alkyl halides is 3. The zero-order chi connectivity index (χ0) is 28.2. The van der Waals surface area contributed by atoms with Crippen molar-refractivity contribution in [3.63, 3.8) is 0 Å². The van der Waals surface area contributed by atoms with E-state index in [1.807, 2.05) is 50.2 Å². The zero-order valence-corrected chi connectivity index (χ0v) is 22.4. The van der Waals surface area contributed by atoms with Gasteiger partial charge in [-0.15, -0.1) is 0 Å². The van der Waals surface area contributed by atoms with Crippen LogP contribution in [0.3, 0.4) is 0 Å². The lowest BCUT2D eigenvalue weighted by Gasteiger charge is -2.41. The number of carbonyl (C=O) groups is 1. The van der Waals surface area contributed by atoms with E-state index >= 15 is 0 Å². The van der Waals surface area contributed by atoms with E-state index in [2.05, 4.69) is 20.1 Å². The van der Waals surface area contributed by atoms with Crippen molar-refractivity contribution in [3.8, 4) is 11.1 Å². The van der Waals surface area contributed by atoms with Crippen molar-refractivity contribution in [2.45, 2.75) is 57.7 Å². The summed E-state index contributed by atoms with van der Waals surface area (Å²) in [5.74, 6) is 0.0204. The van der Waals surface area contributed by atoms with Crippen LogP contribution in [0.25, 0.3) is 11.1 Å². The average Bonchev–Trinajstić information content (AvgIpc) is 2.89. The maximum Gasteiger partial charge on any atom is 0.421 e. The summed E-state index contributed by atoms with van der Waals surface area (Å²) in [5.41, 5.74) is 0.732. The molecule has 2 heterocycles. The Bertz CT molecular complexity index is 1230. The van der Waals surface area contributed by atoms with E-state index in [-0.39, 0.29) is 23.6 Å². The number of amides is 1. The molecule has 0 bridgehead atoms. The second kappa shape index (κ2) is 11.9. The number of piperazine rings is 1. The van der Waals surface area contributed by atoms with Crippen molar-refractivity contribution in [2.75, 3.05) is 19.6 Å². The van der Waals surface area contributed by atoms with Gasteiger partial charge in [-0.25, -0.2) is 0 Å². The van der Waals surface area contributed by atoms with Crippen molar-refractivity contribution < 1.29 is 23.1 Å². The van der Waals surface area contributed by atoms with Gasteiger partial charge in [-0.05, 0) is 60.7 Å². The van der Waals surface area contributed by atoms with Gasteiger partial charge >= 0.3 is 6.18 Å². The molecule has 1 fully saturated rings. The third-order valence-corrected chi connectivity index (χ3v) is 7.14. The monoisotopic (exact) mass is 540 g/mol. The third-order valence-electron chi connectivity index (χ3n) is 7.14. The highest BCUT2D eigenvalue weighted by Gasteiger charge is 2.51. The summed E-state index contributed by atoms with van der Waals surface area (Å²) in [4.78, 5) is 21.7. The van der Waals surface area contributed by atoms with Crippen LogP contribution in [0.4, 0.5) is 13.2 Å². The Morgan fingerprint density at radius 1 is 0.949 bits per heavy atom. The van der Waals surface area contributed by atoms with Crippen LogP contribution >= 0.6 is 0 Å². The highest BCUT2D eigenvalue weighted by molar-refractivity contribution is 5.82. The Morgan fingerprint density at radius 3 is 2.08 bits per heavy atom. The first-order chi connectivity index (χ1) is 18.4. The molecule has 4 rings (SSSR count). The number of benzene rings is 2. The third kappa shape index (κ3) is 7.03. The number of nitrogens with zero attached hydrogens (tertiary/aromatic N) is 3. The van der Waals surface area contributed by atoms with E-state index in [0.717, 1.165) is 42.3 Å². The second-order valence-electron chi connectivity index (χ2n) is 10.6. The average molecular weight is 541 g/mol. The van der Waals surface area contributed by atoms with Gasteiger partial charge in [0.05, 0.1) is 0 Å². The maximum atomic E-state index is 13.1. The molecule has 1 saturated heterocycles. The molecular weight excluding hydrogens is 505 g/mol. The smallest absolute Gasteiger partial charge is 0.376 e. The van der Waals surface area contributed by atoms with Crippen molar-refractivity contribution in [1.82, 2.24) is 20.1 Å². The number of nitrogens with one attached hydrogen (secondary N) is 1. The van der Waals surface area contributed by atoms with Gasteiger partial charge in [0.25, 0.3) is 0 Å². The summed E-state index contributed by atoms with van der Waals surface area (Å²) in [6, 6.07) is 17.4. The Hall–Kier alpha value is -3.27. The van der Waals surface area contributed by atoms with Crippen LogP contribution in [0.2, 0.25) is 0 Å². The molecule has 39 heavy (non-hydrogen) atoms. The van der Waals surface area contributed by atoms with Crippen LogP contribution in [0, 0.1) is 0 Å². The summed E-state index contributed by atoms with van der Waals surface area (Å²) in [6.07, 6.45) is -1.23. The van der Waals surface area contributed by atoms with Crippen molar-refractivity contribution in [2.24, 2.45) is 0 Å². The van der Waals surface area contributed by atoms with Crippen LogP contribution in [0.15, 0.2) is 73.1 Å². The van der Waals surface area contributed by atoms with Gasteiger partial charge < -0.3 is 10.4 Å². The topological polar surface area (TPSA) is 68.7 Å². The number of hydrogen-bond acceptors (Lipinski definition) is 5. The molecule has 0 radical (unpaired) electrons. The lowest BCUT2D eigenvalue weighted by Crippen LogP contribution is -2.59. The van der Waals surface area contributed by atoms with Gasteiger partial charge in [0.1, 0.15) is 6.04 Å². The fourth-order valence-corrected chi connectivity index (χ4v) is 4.77. The molecule has 3 aromatic rings. The Balaban J connectivity index is 1.42. The van der Waals surface area contributed by atoms with E-state index < -0.39 is 11.8 Å². The highest BCUT2D eigenvalue weighted by atomic mass is 19.4. The van der Waals surface area contributed by atoms with Gasteiger partial charge in [0.2, 0.25) is 5.91 Å². The van der Waals surface area contributed by atoms with E-state index in [1.54, 1.807) is 24.5 Å². The summed E-state index contributed by atoms with van der Waals surface area (Å²) in [5, 5.41) is 13.0.